The first kappa shape index (κ1) is 19.9. The second-order valence-electron chi connectivity index (χ2n) is 7.87. The highest BCUT2D eigenvalue weighted by Gasteiger charge is 2.35. The van der Waals surface area contributed by atoms with E-state index in [1.165, 1.54) is 12.1 Å². The molecule has 1 unspecified atom stereocenters. The number of carbonyl (C=O) groups is 2. The summed E-state index contributed by atoms with van der Waals surface area (Å²) in [6, 6.07) is 18.2. The van der Waals surface area contributed by atoms with Crippen LogP contribution in [0.2, 0.25) is 0 Å². The van der Waals surface area contributed by atoms with Gasteiger partial charge in [0.25, 0.3) is 5.91 Å². The zero-order valence-electron chi connectivity index (χ0n) is 17.4. The number of amides is 2. The van der Waals surface area contributed by atoms with Gasteiger partial charge in [0.2, 0.25) is 5.91 Å². The fourth-order valence-corrected chi connectivity index (χ4v) is 4.14. The quantitative estimate of drug-likeness (QED) is 0.518. The molecule has 0 saturated carbocycles. The second-order valence-corrected chi connectivity index (χ2v) is 7.87. The maximum Gasteiger partial charge on any atom is 0.254 e. The topological polar surface area (TPSA) is 78.1 Å². The minimum Gasteiger partial charge on any atom is -0.352 e. The molecule has 1 fully saturated rings. The lowest BCUT2D eigenvalue weighted by Gasteiger charge is -2.36. The predicted molar refractivity (Wildman–Crippen MR) is 119 cm³/mol. The summed E-state index contributed by atoms with van der Waals surface area (Å²) in [5.41, 5.74) is 4.40. The third-order valence-electron chi connectivity index (χ3n) is 5.80. The summed E-state index contributed by atoms with van der Waals surface area (Å²) >= 11 is 0. The number of benzene rings is 3. The Balaban J connectivity index is 1.49. The predicted octanol–water partition coefficient (Wildman–Crippen LogP) is 3.99. The number of rotatable bonds is 3. The van der Waals surface area contributed by atoms with E-state index in [9.17, 15) is 14.0 Å². The lowest BCUT2D eigenvalue weighted by molar-refractivity contribution is -0.128. The van der Waals surface area contributed by atoms with Gasteiger partial charge in [-0.2, -0.15) is 0 Å². The van der Waals surface area contributed by atoms with Gasteiger partial charge in [-0.3, -0.25) is 9.59 Å². The number of aromatic amines is 1. The molecule has 1 saturated heterocycles. The van der Waals surface area contributed by atoms with E-state index in [2.05, 4.69) is 15.3 Å². The van der Waals surface area contributed by atoms with E-state index in [0.717, 1.165) is 16.7 Å². The van der Waals surface area contributed by atoms with Crippen LogP contribution in [0.25, 0.3) is 22.4 Å². The molecule has 1 aromatic heterocycles. The Morgan fingerprint density at radius 3 is 2.66 bits per heavy atom. The van der Waals surface area contributed by atoms with Crippen molar-refractivity contribution in [3.63, 3.8) is 0 Å². The first-order valence-electron chi connectivity index (χ1n) is 10.4. The van der Waals surface area contributed by atoms with E-state index in [-0.39, 0.29) is 17.6 Å². The highest BCUT2D eigenvalue weighted by Crippen LogP contribution is 2.29. The molecule has 2 heterocycles. The molecule has 1 aliphatic heterocycles. The number of hydrogen-bond donors (Lipinski definition) is 2. The summed E-state index contributed by atoms with van der Waals surface area (Å²) in [6.07, 6.45) is 0. The number of piperazine rings is 1. The van der Waals surface area contributed by atoms with Crippen molar-refractivity contribution < 1.29 is 14.0 Å². The van der Waals surface area contributed by atoms with E-state index in [0.29, 0.717) is 35.5 Å². The zero-order valence-corrected chi connectivity index (χ0v) is 17.4. The van der Waals surface area contributed by atoms with Crippen LogP contribution in [0.1, 0.15) is 27.5 Å². The van der Waals surface area contributed by atoms with Gasteiger partial charge in [-0.1, -0.05) is 24.3 Å². The molecule has 7 heteroatoms. The van der Waals surface area contributed by atoms with Crippen molar-refractivity contribution in [2.45, 2.75) is 13.0 Å². The molecule has 0 spiro atoms. The van der Waals surface area contributed by atoms with Gasteiger partial charge in [-0.25, -0.2) is 9.37 Å². The minimum absolute atomic E-state index is 0.180. The second kappa shape index (κ2) is 7.92. The van der Waals surface area contributed by atoms with Crippen molar-refractivity contribution in [2.24, 2.45) is 0 Å². The van der Waals surface area contributed by atoms with Gasteiger partial charge in [0.05, 0.1) is 11.0 Å². The number of aryl methyl sites for hydroxylation is 1. The highest BCUT2D eigenvalue weighted by atomic mass is 19.1. The smallest absolute Gasteiger partial charge is 0.254 e. The summed E-state index contributed by atoms with van der Waals surface area (Å²) in [6.45, 7) is 2.77. The fraction of sp³-hybridized carbons (Fsp3) is 0.160. The summed E-state index contributed by atoms with van der Waals surface area (Å²) in [4.78, 5) is 35.6. The first-order chi connectivity index (χ1) is 15.5. The van der Waals surface area contributed by atoms with Gasteiger partial charge in [-0.15, -0.1) is 0 Å². The number of H-pyrrole nitrogens is 1. The van der Waals surface area contributed by atoms with Gasteiger partial charge < -0.3 is 15.2 Å². The molecule has 2 N–H and O–H groups in total. The van der Waals surface area contributed by atoms with Gasteiger partial charge in [0.1, 0.15) is 17.7 Å². The molecule has 2 amide bonds. The Bertz CT molecular complexity index is 1330. The Labute approximate surface area is 184 Å². The molecule has 3 aromatic carbocycles. The molecule has 0 radical (unpaired) electrons. The van der Waals surface area contributed by atoms with Crippen molar-refractivity contribution in [3.8, 4) is 11.4 Å². The molecular formula is C25H21FN4O2. The summed E-state index contributed by atoms with van der Waals surface area (Å²) in [7, 11) is 0. The monoisotopic (exact) mass is 428 g/mol. The van der Waals surface area contributed by atoms with Crippen molar-refractivity contribution in [1.29, 1.82) is 0 Å². The van der Waals surface area contributed by atoms with E-state index in [1.54, 1.807) is 35.2 Å². The van der Waals surface area contributed by atoms with Crippen LogP contribution < -0.4 is 5.32 Å². The SMILES string of the molecule is Cc1ccccc1C1C(=O)NCCN1C(=O)c1ccc2nc(-c3ccc(F)cc3)[nH]c2c1. The largest absolute Gasteiger partial charge is 0.352 e. The van der Waals surface area contributed by atoms with Crippen LogP contribution in [-0.4, -0.2) is 39.8 Å². The Morgan fingerprint density at radius 2 is 1.88 bits per heavy atom. The minimum atomic E-state index is -0.676. The van der Waals surface area contributed by atoms with E-state index >= 15 is 0 Å². The van der Waals surface area contributed by atoms with Crippen LogP contribution in [-0.2, 0) is 4.79 Å². The molecule has 0 bridgehead atoms. The molecule has 32 heavy (non-hydrogen) atoms. The Kier molecular flexibility index (Phi) is 4.93. The van der Waals surface area contributed by atoms with Crippen molar-refractivity contribution >= 4 is 22.8 Å². The van der Waals surface area contributed by atoms with Crippen LogP contribution in [0.5, 0.6) is 0 Å². The third-order valence-corrected chi connectivity index (χ3v) is 5.80. The molecule has 5 rings (SSSR count). The Morgan fingerprint density at radius 1 is 1.09 bits per heavy atom. The van der Waals surface area contributed by atoms with Crippen LogP contribution in [0.4, 0.5) is 4.39 Å². The number of imidazole rings is 1. The number of halogens is 1. The standard InChI is InChI=1S/C25H21FN4O2/c1-15-4-2-3-5-19(15)22-24(31)27-12-13-30(22)25(32)17-8-11-20-21(14-17)29-23(28-20)16-6-9-18(26)10-7-16/h2-11,14,22H,12-13H2,1H3,(H,27,31)(H,28,29). The van der Waals surface area contributed by atoms with Gasteiger partial charge in [-0.05, 0) is 60.5 Å². The van der Waals surface area contributed by atoms with Crippen LogP contribution in [0, 0.1) is 12.7 Å². The maximum atomic E-state index is 13.5. The number of hydrogen-bond acceptors (Lipinski definition) is 3. The van der Waals surface area contributed by atoms with Crippen molar-refractivity contribution in [2.75, 3.05) is 13.1 Å². The van der Waals surface area contributed by atoms with E-state index in [1.807, 2.05) is 31.2 Å². The average Bonchev–Trinajstić information content (AvgIpc) is 3.23. The van der Waals surface area contributed by atoms with Gasteiger partial charge in [0.15, 0.2) is 0 Å². The van der Waals surface area contributed by atoms with Crippen molar-refractivity contribution in [3.05, 3.63) is 89.2 Å². The maximum absolute atomic E-state index is 13.5. The highest BCUT2D eigenvalue weighted by molar-refractivity contribution is 6.01. The average molecular weight is 428 g/mol. The number of nitrogens with zero attached hydrogens (tertiary/aromatic N) is 2. The summed E-state index contributed by atoms with van der Waals surface area (Å²) in [5, 5.41) is 2.87. The lowest BCUT2D eigenvalue weighted by Crippen LogP contribution is -2.52. The number of nitrogens with one attached hydrogen (secondary N) is 2. The van der Waals surface area contributed by atoms with Crippen molar-refractivity contribution in [1.82, 2.24) is 20.2 Å². The van der Waals surface area contributed by atoms with Crippen LogP contribution in [0.15, 0.2) is 66.7 Å². The lowest BCUT2D eigenvalue weighted by atomic mass is 9.97. The third kappa shape index (κ3) is 3.51. The molecule has 0 aliphatic carbocycles. The van der Waals surface area contributed by atoms with Crippen LogP contribution >= 0.6 is 0 Å². The normalized spacial score (nSPS) is 16.2. The molecule has 1 aliphatic rings. The van der Waals surface area contributed by atoms with E-state index in [4.69, 9.17) is 0 Å². The van der Waals surface area contributed by atoms with Crippen LogP contribution in [0.3, 0.4) is 0 Å². The summed E-state index contributed by atoms with van der Waals surface area (Å²) < 4.78 is 13.2. The zero-order chi connectivity index (χ0) is 22.2. The molecule has 1 atom stereocenters. The fourth-order valence-electron chi connectivity index (χ4n) is 4.14. The number of aromatic nitrogens is 2. The number of fused-ring (bicyclic) bond motifs is 1. The summed E-state index contributed by atoms with van der Waals surface area (Å²) in [5.74, 6) is -0.112. The van der Waals surface area contributed by atoms with E-state index < -0.39 is 6.04 Å². The van der Waals surface area contributed by atoms with Gasteiger partial charge in [0, 0.05) is 24.2 Å². The van der Waals surface area contributed by atoms with Gasteiger partial charge >= 0.3 is 0 Å². The molecule has 6 nitrogen and oxygen atoms in total. The molecule has 4 aromatic rings. The first-order valence-corrected chi connectivity index (χ1v) is 10.4. The molecule has 160 valence electrons. The Hall–Kier alpha value is -4.00. The molecular weight excluding hydrogens is 407 g/mol. The number of carbonyl (C=O) groups excluding carboxylic acids is 2.